The number of likely N-dealkylation sites (N-methyl/N-ethyl adjacent to an activating group) is 1. The van der Waals surface area contributed by atoms with Crippen LogP contribution >= 0.6 is 0 Å². The Balaban J connectivity index is 1.25. The summed E-state index contributed by atoms with van der Waals surface area (Å²) in [5, 5.41) is 10.6. The molecule has 8 heteroatoms. The van der Waals surface area contributed by atoms with E-state index in [-0.39, 0.29) is 18.4 Å². The average molecular weight is 441 g/mol. The van der Waals surface area contributed by atoms with Crippen molar-refractivity contribution in [1.82, 2.24) is 9.80 Å². The van der Waals surface area contributed by atoms with Crippen LogP contribution in [0.3, 0.4) is 0 Å². The van der Waals surface area contributed by atoms with Gasteiger partial charge in [-0.05, 0) is 45.1 Å². The fourth-order valence-electron chi connectivity index (χ4n) is 6.65. The van der Waals surface area contributed by atoms with Crippen LogP contribution in [0.5, 0.6) is 0 Å². The zero-order chi connectivity index (χ0) is 21.8. The van der Waals surface area contributed by atoms with E-state index in [4.69, 9.17) is 24.0 Å². The van der Waals surface area contributed by atoms with Gasteiger partial charge in [0, 0.05) is 51.0 Å². The molecule has 8 nitrogen and oxygen atoms in total. The molecule has 178 valence electrons. The molecular weight excluding hydrogens is 400 g/mol. The fourth-order valence-corrected chi connectivity index (χ4v) is 6.65. The van der Waals surface area contributed by atoms with Crippen molar-refractivity contribution >= 4 is 0 Å². The number of rotatable bonds is 5. The number of aliphatic hydroxyl groups excluding tert-OH is 1. The third kappa shape index (κ3) is 3.97. The highest BCUT2D eigenvalue weighted by Crippen LogP contribution is 2.60. The van der Waals surface area contributed by atoms with Crippen molar-refractivity contribution in [1.29, 1.82) is 0 Å². The number of ether oxygens (including phenoxy) is 3. The molecule has 5 aliphatic heterocycles. The van der Waals surface area contributed by atoms with Gasteiger partial charge in [0.05, 0.1) is 12.7 Å². The molecule has 1 saturated carbocycles. The second-order valence-electron chi connectivity index (χ2n) is 10.9. The summed E-state index contributed by atoms with van der Waals surface area (Å²) in [4.78, 5) is 16.7. The predicted octanol–water partition coefficient (Wildman–Crippen LogP) is 1.82. The maximum Gasteiger partial charge on any atom is 0.201 e. The lowest BCUT2D eigenvalue weighted by Gasteiger charge is -2.60. The van der Waals surface area contributed by atoms with Crippen molar-refractivity contribution < 1.29 is 29.1 Å². The van der Waals surface area contributed by atoms with Gasteiger partial charge in [-0.2, -0.15) is 0 Å². The van der Waals surface area contributed by atoms with E-state index in [1.165, 1.54) is 6.42 Å². The summed E-state index contributed by atoms with van der Waals surface area (Å²) in [5.74, 6) is 0.507. The number of nitrogens with zero attached hydrogens (tertiary/aromatic N) is 2. The molecule has 1 N–H and O–H groups in total. The van der Waals surface area contributed by atoms with Crippen molar-refractivity contribution in [3.05, 3.63) is 0 Å². The maximum absolute atomic E-state index is 10.6. The lowest BCUT2D eigenvalue weighted by Crippen LogP contribution is -2.70. The smallest absolute Gasteiger partial charge is 0.201 e. The standard InChI is InChI=1S/C23H40N2O6/c1-15-5-6-19-16(2)20(27-14-17(26)13-25-11-9-24(4)10-12-25)28-21-23(19)18(15)7-8-22(3,29-21)30-31-23/h15-21,26H,5-14H2,1-4H3/t15-,16-,17?,18+,19+,20+,21-,22-,23-/m1/s1. The molecule has 6 fully saturated rings. The normalized spacial score (nSPS) is 49.5. The minimum atomic E-state index is -0.774. The van der Waals surface area contributed by atoms with Crippen LogP contribution in [-0.2, 0) is 24.0 Å². The van der Waals surface area contributed by atoms with Gasteiger partial charge in [0.15, 0.2) is 18.2 Å². The number of fused-ring (bicyclic) bond motifs is 2. The van der Waals surface area contributed by atoms with Crippen molar-refractivity contribution in [2.24, 2.45) is 23.7 Å². The summed E-state index contributed by atoms with van der Waals surface area (Å²) in [6.45, 7) is 11.4. The lowest BCUT2D eigenvalue weighted by molar-refractivity contribution is -0.577. The Bertz CT molecular complexity index is 646. The van der Waals surface area contributed by atoms with Crippen molar-refractivity contribution in [2.45, 2.75) is 76.5 Å². The van der Waals surface area contributed by atoms with Gasteiger partial charge in [0.25, 0.3) is 0 Å². The summed E-state index contributed by atoms with van der Waals surface area (Å²) < 4.78 is 19.0. The van der Waals surface area contributed by atoms with Gasteiger partial charge < -0.3 is 24.2 Å². The average Bonchev–Trinajstić information content (AvgIpc) is 2.97. The first-order valence-electron chi connectivity index (χ1n) is 12.2. The van der Waals surface area contributed by atoms with E-state index in [0.29, 0.717) is 18.4 Å². The summed E-state index contributed by atoms with van der Waals surface area (Å²) in [6.07, 6.45) is 2.61. The third-order valence-electron chi connectivity index (χ3n) is 8.61. The van der Waals surface area contributed by atoms with Crippen LogP contribution in [-0.4, -0.2) is 91.4 Å². The van der Waals surface area contributed by atoms with Gasteiger partial charge in [-0.3, -0.25) is 4.90 Å². The number of hydrogen-bond donors (Lipinski definition) is 1. The molecule has 0 aromatic carbocycles. The van der Waals surface area contributed by atoms with Gasteiger partial charge in [-0.15, -0.1) is 0 Å². The van der Waals surface area contributed by atoms with Gasteiger partial charge in [-0.1, -0.05) is 13.8 Å². The number of aliphatic hydroxyl groups is 1. The first kappa shape index (κ1) is 22.5. The molecule has 0 aromatic rings. The van der Waals surface area contributed by atoms with Crippen LogP contribution in [0.4, 0.5) is 0 Å². The highest BCUT2D eigenvalue weighted by atomic mass is 17.3. The molecule has 0 aromatic heterocycles. The molecule has 6 rings (SSSR count). The largest absolute Gasteiger partial charge is 0.389 e. The Labute approximate surface area is 186 Å². The molecule has 1 unspecified atom stereocenters. The Kier molecular flexibility index (Phi) is 6.14. The van der Waals surface area contributed by atoms with Crippen molar-refractivity contribution in [3.8, 4) is 0 Å². The van der Waals surface area contributed by atoms with E-state index in [2.05, 4.69) is 30.7 Å². The van der Waals surface area contributed by atoms with E-state index in [1.54, 1.807) is 0 Å². The minimum absolute atomic E-state index is 0.136. The SMILES string of the molecule is C[C@H]1[C@@H](OCC(O)CN2CCN(C)CC2)O[C@@H]2O[C@@]3(C)CC[C@H]4[C@H](C)CC[C@@H]1[C@@]24OO3. The molecule has 0 amide bonds. The topological polar surface area (TPSA) is 72.9 Å². The Morgan fingerprint density at radius 3 is 2.61 bits per heavy atom. The molecule has 1 aliphatic carbocycles. The van der Waals surface area contributed by atoms with Crippen LogP contribution < -0.4 is 0 Å². The van der Waals surface area contributed by atoms with Gasteiger partial charge >= 0.3 is 0 Å². The predicted molar refractivity (Wildman–Crippen MR) is 113 cm³/mol. The summed E-state index contributed by atoms with van der Waals surface area (Å²) in [5.41, 5.74) is -0.564. The monoisotopic (exact) mass is 440 g/mol. The molecule has 9 atom stereocenters. The first-order valence-corrected chi connectivity index (χ1v) is 12.2. The third-order valence-corrected chi connectivity index (χ3v) is 8.61. The fraction of sp³-hybridized carbons (Fsp3) is 1.00. The molecule has 1 spiro atoms. The van der Waals surface area contributed by atoms with E-state index in [1.807, 2.05) is 6.92 Å². The summed E-state index contributed by atoms with van der Waals surface area (Å²) in [7, 11) is 2.14. The maximum atomic E-state index is 10.6. The molecule has 0 radical (unpaired) electrons. The highest BCUT2D eigenvalue weighted by Gasteiger charge is 2.69. The van der Waals surface area contributed by atoms with Crippen molar-refractivity contribution in [2.75, 3.05) is 46.4 Å². The van der Waals surface area contributed by atoms with Crippen molar-refractivity contribution in [3.63, 3.8) is 0 Å². The van der Waals surface area contributed by atoms with Crippen LogP contribution in [0.2, 0.25) is 0 Å². The molecule has 5 saturated heterocycles. The first-order chi connectivity index (χ1) is 14.8. The Morgan fingerprint density at radius 2 is 1.84 bits per heavy atom. The number of hydrogen-bond acceptors (Lipinski definition) is 8. The number of piperazine rings is 1. The highest BCUT2D eigenvalue weighted by molar-refractivity contribution is 5.09. The number of β-amino-alcohol motifs (C(OH)–C–C–N with tert-alkyl or cyclic N) is 1. The summed E-state index contributed by atoms with van der Waals surface area (Å²) in [6, 6.07) is 0. The van der Waals surface area contributed by atoms with Crippen LogP contribution in [0.25, 0.3) is 0 Å². The Hall–Kier alpha value is -0.320. The van der Waals surface area contributed by atoms with Gasteiger partial charge in [0.2, 0.25) is 5.79 Å². The molecular formula is C23H40N2O6. The van der Waals surface area contributed by atoms with Crippen LogP contribution in [0, 0.1) is 23.7 Å². The second-order valence-corrected chi connectivity index (χ2v) is 10.9. The molecule has 6 aliphatic rings. The Morgan fingerprint density at radius 1 is 1.06 bits per heavy atom. The zero-order valence-electron chi connectivity index (χ0n) is 19.5. The minimum Gasteiger partial charge on any atom is -0.389 e. The van der Waals surface area contributed by atoms with E-state index in [9.17, 15) is 5.11 Å². The quantitative estimate of drug-likeness (QED) is 0.649. The lowest BCUT2D eigenvalue weighted by atomic mass is 9.58. The van der Waals surface area contributed by atoms with E-state index >= 15 is 0 Å². The van der Waals surface area contributed by atoms with Gasteiger partial charge in [-0.25, -0.2) is 9.78 Å². The van der Waals surface area contributed by atoms with E-state index < -0.39 is 30.1 Å². The van der Waals surface area contributed by atoms with Gasteiger partial charge in [0.1, 0.15) is 0 Å². The van der Waals surface area contributed by atoms with Crippen LogP contribution in [0.15, 0.2) is 0 Å². The molecule has 31 heavy (non-hydrogen) atoms. The molecule has 5 heterocycles. The second kappa shape index (κ2) is 8.47. The zero-order valence-corrected chi connectivity index (χ0v) is 19.5. The summed E-state index contributed by atoms with van der Waals surface area (Å²) >= 11 is 0. The van der Waals surface area contributed by atoms with Crippen LogP contribution in [0.1, 0.15) is 46.5 Å². The van der Waals surface area contributed by atoms with E-state index in [0.717, 1.165) is 45.4 Å². The molecule has 2 bridgehead atoms.